The third kappa shape index (κ3) is 2.87. The van der Waals surface area contributed by atoms with Gasteiger partial charge in [0.05, 0.1) is 10.0 Å². The van der Waals surface area contributed by atoms with Crippen LogP contribution in [0.4, 0.5) is 10.1 Å². The van der Waals surface area contributed by atoms with Gasteiger partial charge in [-0.15, -0.1) is 0 Å². The average molecular weight is 326 g/mol. The maximum atomic E-state index is 13.5. The van der Waals surface area contributed by atoms with E-state index in [9.17, 15) is 9.18 Å². The van der Waals surface area contributed by atoms with Crippen molar-refractivity contribution in [3.63, 3.8) is 0 Å². The molecular formula is C14H13BrFNO2. The van der Waals surface area contributed by atoms with Crippen LogP contribution in [0.5, 0.6) is 0 Å². The molecule has 0 spiro atoms. The van der Waals surface area contributed by atoms with E-state index in [4.69, 9.17) is 4.42 Å². The van der Waals surface area contributed by atoms with Gasteiger partial charge in [-0.3, -0.25) is 4.79 Å². The van der Waals surface area contributed by atoms with Gasteiger partial charge in [0.15, 0.2) is 0 Å². The molecule has 1 aromatic heterocycles. The predicted octanol–water partition coefficient (Wildman–Crippen LogP) is 4.36. The number of nitrogens with one attached hydrogen (secondary N) is 1. The second-order valence-corrected chi connectivity index (χ2v) is 5.22. The predicted molar refractivity (Wildman–Crippen MR) is 75.0 cm³/mol. The minimum Gasteiger partial charge on any atom is -0.466 e. The Balaban J connectivity index is 2.29. The summed E-state index contributed by atoms with van der Waals surface area (Å²) in [6, 6.07) is 4.58. The quantitative estimate of drug-likeness (QED) is 0.891. The van der Waals surface area contributed by atoms with E-state index in [1.165, 1.54) is 6.07 Å². The van der Waals surface area contributed by atoms with Gasteiger partial charge in [0.25, 0.3) is 5.91 Å². The average Bonchev–Trinajstić information content (AvgIpc) is 2.65. The molecule has 1 amide bonds. The summed E-state index contributed by atoms with van der Waals surface area (Å²) >= 11 is 3.10. The number of hydrogen-bond acceptors (Lipinski definition) is 2. The number of furan rings is 1. The first-order valence-electron chi connectivity index (χ1n) is 5.72. The van der Waals surface area contributed by atoms with Crippen LogP contribution in [0.1, 0.15) is 27.4 Å². The Morgan fingerprint density at radius 3 is 2.53 bits per heavy atom. The maximum Gasteiger partial charge on any atom is 0.259 e. The lowest BCUT2D eigenvalue weighted by Crippen LogP contribution is -2.13. The van der Waals surface area contributed by atoms with Gasteiger partial charge in [0.2, 0.25) is 0 Å². The molecule has 0 aliphatic heterocycles. The fourth-order valence-corrected chi connectivity index (χ4v) is 2.28. The number of amides is 1. The number of hydrogen-bond donors (Lipinski definition) is 1. The maximum absolute atomic E-state index is 13.5. The fraction of sp³-hybridized carbons (Fsp3) is 0.214. The van der Waals surface area contributed by atoms with Crippen LogP contribution in [0.2, 0.25) is 0 Å². The first-order chi connectivity index (χ1) is 8.88. The van der Waals surface area contributed by atoms with Crippen LogP contribution in [-0.4, -0.2) is 5.91 Å². The van der Waals surface area contributed by atoms with Crippen LogP contribution in [0.15, 0.2) is 27.1 Å². The summed E-state index contributed by atoms with van der Waals surface area (Å²) in [7, 11) is 0. The minimum atomic E-state index is -0.416. The Morgan fingerprint density at radius 1 is 1.26 bits per heavy atom. The summed E-state index contributed by atoms with van der Waals surface area (Å²) in [6.45, 7) is 5.29. The number of halogens is 2. The van der Waals surface area contributed by atoms with Gasteiger partial charge in [-0.25, -0.2) is 4.39 Å². The third-order valence-electron chi connectivity index (χ3n) is 2.80. The molecule has 5 heteroatoms. The molecule has 2 rings (SSSR count). The summed E-state index contributed by atoms with van der Waals surface area (Å²) in [5, 5.41) is 2.69. The van der Waals surface area contributed by atoms with Crippen LogP contribution >= 0.6 is 15.9 Å². The summed E-state index contributed by atoms with van der Waals surface area (Å²) in [4.78, 5) is 12.1. The highest BCUT2D eigenvalue weighted by molar-refractivity contribution is 9.10. The second kappa shape index (κ2) is 5.17. The first-order valence-corrected chi connectivity index (χ1v) is 6.52. The SMILES string of the molecule is Cc1cc(C(=O)Nc2cc(F)c(Br)cc2C)c(C)o1. The number of rotatable bonds is 2. The monoisotopic (exact) mass is 325 g/mol. The summed E-state index contributed by atoms with van der Waals surface area (Å²) < 4.78 is 19.2. The van der Waals surface area contributed by atoms with Crippen molar-refractivity contribution in [3.8, 4) is 0 Å². The molecule has 0 saturated carbocycles. The zero-order valence-electron chi connectivity index (χ0n) is 10.8. The zero-order valence-corrected chi connectivity index (χ0v) is 12.4. The van der Waals surface area contributed by atoms with E-state index in [-0.39, 0.29) is 5.91 Å². The van der Waals surface area contributed by atoms with Gasteiger partial charge in [0, 0.05) is 5.69 Å². The molecule has 1 aromatic carbocycles. The molecule has 0 aliphatic carbocycles. The molecule has 0 unspecified atom stereocenters. The third-order valence-corrected chi connectivity index (χ3v) is 3.41. The lowest BCUT2D eigenvalue weighted by molar-refractivity contribution is 0.102. The minimum absolute atomic E-state index is 0.306. The van der Waals surface area contributed by atoms with Crippen molar-refractivity contribution in [1.82, 2.24) is 0 Å². The Labute approximate surface area is 118 Å². The van der Waals surface area contributed by atoms with Crippen LogP contribution in [0.25, 0.3) is 0 Å². The van der Waals surface area contributed by atoms with Gasteiger partial charge in [0.1, 0.15) is 17.3 Å². The topological polar surface area (TPSA) is 42.2 Å². The molecule has 3 nitrogen and oxygen atoms in total. The summed E-state index contributed by atoms with van der Waals surface area (Å²) in [5.74, 6) is 0.492. The highest BCUT2D eigenvalue weighted by atomic mass is 79.9. The largest absolute Gasteiger partial charge is 0.466 e. The van der Waals surface area contributed by atoms with Crippen molar-refractivity contribution in [3.05, 3.63) is 51.1 Å². The highest BCUT2D eigenvalue weighted by Gasteiger charge is 2.15. The number of benzene rings is 1. The number of aryl methyl sites for hydroxylation is 3. The number of carbonyl (C=O) groups is 1. The lowest BCUT2D eigenvalue weighted by Gasteiger charge is -2.09. The number of carbonyl (C=O) groups excluding carboxylic acids is 1. The molecule has 100 valence electrons. The van der Waals surface area contributed by atoms with Crippen molar-refractivity contribution < 1.29 is 13.6 Å². The van der Waals surface area contributed by atoms with E-state index in [1.807, 2.05) is 0 Å². The van der Waals surface area contributed by atoms with E-state index in [0.717, 1.165) is 5.56 Å². The van der Waals surface area contributed by atoms with Gasteiger partial charge >= 0.3 is 0 Å². The summed E-state index contributed by atoms with van der Waals surface area (Å²) in [5.41, 5.74) is 1.68. The summed E-state index contributed by atoms with van der Waals surface area (Å²) in [6.07, 6.45) is 0. The van der Waals surface area contributed by atoms with Crippen molar-refractivity contribution in [1.29, 1.82) is 0 Å². The Morgan fingerprint density at radius 2 is 1.95 bits per heavy atom. The standard InChI is InChI=1S/C14H13BrFNO2/c1-7-4-11(15)12(16)6-13(7)17-14(18)10-5-8(2)19-9(10)3/h4-6H,1-3H3,(H,17,18). The van der Waals surface area contributed by atoms with Crippen molar-refractivity contribution in [2.45, 2.75) is 20.8 Å². The van der Waals surface area contributed by atoms with Crippen LogP contribution in [-0.2, 0) is 0 Å². The van der Waals surface area contributed by atoms with Gasteiger partial charge in [-0.05, 0) is 60.5 Å². The smallest absolute Gasteiger partial charge is 0.259 e. The fourth-order valence-electron chi connectivity index (χ4n) is 1.83. The van der Waals surface area contributed by atoms with Crippen molar-refractivity contribution in [2.75, 3.05) is 5.32 Å². The first kappa shape index (κ1) is 13.8. The Kier molecular flexibility index (Phi) is 3.75. The van der Waals surface area contributed by atoms with Crippen LogP contribution in [0, 0.1) is 26.6 Å². The number of anilines is 1. The Bertz CT molecular complexity index is 649. The van der Waals surface area contributed by atoms with Crippen LogP contribution in [0.3, 0.4) is 0 Å². The molecule has 1 N–H and O–H groups in total. The van der Waals surface area contributed by atoms with Crippen molar-refractivity contribution >= 4 is 27.5 Å². The molecule has 0 saturated heterocycles. The molecule has 0 bridgehead atoms. The molecule has 2 aromatic rings. The second-order valence-electron chi connectivity index (χ2n) is 4.36. The normalized spacial score (nSPS) is 10.6. The van der Waals surface area contributed by atoms with Crippen LogP contribution < -0.4 is 5.32 Å². The zero-order chi connectivity index (χ0) is 14.2. The molecule has 0 fully saturated rings. The van der Waals surface area contributed by atoms with E-state index < -0.39 is 5.82 Å². The molecule has 0 aliphatic rings. The van der Waals surface area contributed by atoms with Gasteiger partial charge < -0.3 is 9.73 Å². The van der Waals surface area contributed by atoms with Crippen molar-refractivity contribution in [2.24, 2.45) is 0 Å². The van der Waals surface area contributed by atoms with Gasteiger partial charge in [-0.1, -0.05) is 0 Å². The Hall–Kier alpha value is -1.62. The molecular weight excluding hydrogens is 313 g/mol. The van der Waals surface area contributed by atoms with Gasteiger partial charge in [-0.2, -0.15) is 0 Å². The molecule has 0 radical (unpaired) electrons. The lowest BCUT2D eigenvalue weighted by atomic mass is 10.1. The molecule has 1 heterocycles. The van der Waals surface area contributed by atoms with E-state index >= 15 is 0 Å². The van der Waals surface area contributed by atoms with E-state index in [2.05, 4.69) is 21.2 Å². The van der Waals surface area contributed by atoms with E-state index in [1.54, 1.807) is 32.9 Å². The molecule has 19 heavy (non-hydrogen) atoms. The highest BCUT2D eigenvalue weighted by Crippen LogP contribution is 2.25. The molecule has 0 atom stereocenters. The van der Waals surface area contributed by atoms with E-state index in [0.29, 0.717) is 27.2 Å².